The van der Waals surface area contributed by atoms with Crippen LogP contribution >= 0.6 is 0 Å². The molecule has 1 fully saturated rings. The van der Waals surface area contributed by atoms with Gasteiger partial charge in [0, 0.05) is 18.7 Å². The second-order valence-corrected chi connectivity index (χ2v) is 7.57. The summed E-state index contributed by atoms with van der Waals surface area (Å²) in [6.45, 7) is 4.47. The maximum atomic E-state index is 12.7. The van der Waals surface area contributed by atoms with Gasteiger partial charge in [0.25, 0.3) is 5.91 Å². The molecule has 0 unspecified atom stereocenters. The van der Waals surface area contributed by atoms with Crippen molar-refractivity contribution in [1.82, 2.24) is 9.88 Å². The number of aromatic nitrogens is 1. The van der Waals surface area contributed by atoms with E-state index in [4.69, 9.17) is 13.9 Å². The predicted molar refractivity (Wildman–Crippen MR) is 114 cm³/mol. The van der Waals surface area contributed by atoms with Gasteiger partial charge < -0.3 is 18.8 Å². The molecule has 2 aromatic carbocycles. The van der Waals surface area contributed by atoms with Crippen molar-refractivity contribution in [3.63, 3.8) is 0 Å². The molecule has 0 bridgehead atoms. The SMILES string of the molecule is C[C@H]1CN(C(=O)COC(=O)c2ccccc2-c2ncc(-c3ccccc3)o2)C[C@H](C)O1. The van der Waals surface area contributed by atoms with Crippen LogP contribution in [0.25, 0.3) is 22.8 Å². The van der Waals surface area contributed by atoms with Crippen molar-refractivity contribution in [1.29, 1.82) is 0 Å². The van der Waals surface area contributed by atoms with Gasteiger partial charge in [-0.3, -0.25) is 4.79 Å². The highest BCUT2D eigenvalue weighted by atomic mass is 16.5. The molecule has 3 aromatic rings. The highest BCUT2D eigenvalue weighted by Gasteiger charge is 2.27. The van der Waals surface area contributed by atoms with Crippen LogP contribution in [0, 0.1) is 0 Å². The molecule has 2 atom stereocenters. The first-order valence-electron chi connectivity index (χ1n) is 10.2. The largest absolute Gasteiger partial charge is 0.452 e. The van der Waals surface area contributed by atoms with Gasteiger partial charge in [-0.05, 0) is 26.0 Å². The number of esters is 1. The van der Waals surface area contributed by atoms with E-state index in [0.717, 1.165) is 5.56 Å². The molecule has 1 aliphatic heterocycles. The molecule has 1 aliphatic rings. The van der Waals surface area contributed by atoms with Gasteiger partial charge >= 0.3 is 5.97 Å². The molecule has 1 saturated heterocycles. The molecule has 0 saturated carbocycles. The summed E-state index contributed by atoms with van der Waals surface area (Å²) in [5.41, 5.74) is 1.69. The Balaban J connectivity index is 1.47. The van der Waals surface area contributed by atoms with E-state index in [1.807, 2.05) is 44.2 Å². The molecule has 0 spiro atoms. The topological polar surface area (TPSA) is 81.9 Å². The molecule has 0 radical (unpaired) electrons. The van der Waals surface area contributed by atoms with E-state index in [1.54, 1.807) is 35.4 Å². The number of morpholine rings is 1. The number of hydrogen-bond acceptors (Lipinski definition) is 6. The van der Waals surface area contributed by atoms with E-state index >= 15 is 0 Å². The Morgan fingerprint density at radius 2 is 1.71 bits per heavy atom. The maximum Gasteiger partial charge on any atom is 0.339 e. The van der Waals surface area contributed by atoms with Crippen LogP contribution in [0.2, 0.25) is 0 Å². The smallest absolute Gasteiger partial charge is 0.339 e. The van der Waals surface area contributed by atoms with E-state index < -0.39 is 5.97 Å². The van der Waals surface area contributed by atoms with Gasteiger partial charge in [0.15, 0.2) is 12.4 Å². The summed E-state index contributed by atoms with van der Waals surface area (Å²) in [5, 5.41) is 0. The lowest BCUT2D eigenvalue weighted by Crippen LogP contribution is -2.49. The molecular formula is C24H24N2O5. The molecule has 1 amide bonds. The molecule has 4 rings (SSSR count). The quantitative estimate of drug-likeness (QED) is 0.584. The van der Waals surface area contributed by atoms with Crippen molar-refractivity contribution in [3.8, 4) is 22.8 Å². The zero-order valence-corrected chi connectivity index (χ0v) is 17.5. The minimum atomic E-state index is -0.599. The van der Waals surface area contributed by atoms with Crippen LogP contribution < -0.4 is 0 Å². The van der Waals surface area contributed by atoms with Crippen LogP contribution in [0.5, 0.6) is 0 Å². The third-order valence-corrected chi connectivity index (χ3v) is 5.04. The maximum absolute atomic E-state index is 12.7. The Hall–Kier alpha value is -3.45. The summed E-state index contributed by atoms with van der Waals surface area (Å²) < 4.78 is 16.9. The van der Waals surface area contributed by atoms with Crippen molar-refractivity contribution >= 4 is 11.9 Å². The van der Waals surface area contributed by atoms with E-state index in [-0.39, 0.29) is 24.7 Å². The van der Waals surface area contributed by atoms with Crippen molar-refractivity contribution in [2.75, 3.05) is 19.7 Å². The highest BCUT2D eigenvalue weighted by Crippen LogP contribution is 2.28. The molecule has 31 heavy (non-hydrogen) atoms. The number of carbonyl (C=O) groups is 2. The van der Waals surface area contributed by atoms with E-state index in [2.05, 4.69) is 4.98 Å². The first-order valence-corrected chi connectivity index (χ1v) is 10.2. The van der Waals surface area contributed by atoms with Crippen molar-refractivity contribution in [3.05, 3.63) is 66.4 Å². The molecule has 7 nitrogen and oxygen atoms in total. The van der Waals surface area contributed by atoms with Crippen molar-refractivity contribution in [2.24, 2.45) is 0 Å². The Labute approximate surface area is 180 Å². The Morgan fingerprint density at radius 1 is 1.03 bits per heavy atom. The predicted octanol–water partition coefficient (Wildman–Crippen LogP) is 3.80. The van der Waals surface area contributed by atoms with Crippen molar-refractivity contribution in [2.45, 2.75) is 26.1 Å². The van der Waals surface area contributed by atoms with Crippen LogP contribution in [0.1, 0.15) is 24.2 Å². The van der Waals surface area contributed by atoms with Gasteiger partial charge in [-0.15, -0.1) is 0 Å². The Morgan fingerprint density at radius 3 is 2.45 bits per heavy atom. The normalized spacial score (nSPS) is 18.6. The third kappa shape index (κ3) is 4.83. The molecule has 1 aromatic heterocycles. The first kappa shape index (κ1) is 20.8. The van der Waals surface area contributed by atoms with E-state index in [9.17, 15) is 9.59 Å². The van der Waals surface area contributed by atoms with Crippen LogP contribution in [-0.2, 0) is 14.3 Å². The van der Waals surface area contributed by atoms with Gasteiger partial charge in [-0.1, -0.05) is 42.5 Å². The summed E-state index contributed by atoms with van der Waals surface area (Å²) >= 11 is 0. The number of carbonyl (C=O) groups excluding carboxylic acids is 2. The van der Waals surface area contributed by atoms with E-state index in [0.29, 0.717) is 35.9 Å². The van der Waals surface area contributed by atoms with Gasteiger partial charge in [-0.2, -0.15) is 0 Å². The molecule has 7 heteroatoms. The number of benzene rings is 2. The van der Waals surface area contributed by atoms with Crippen LogP contribution in [-0.4, -0.2) is 53.7 Å². The second kappa shape index (κ2) is 9.14. The van der Waals surface area contributed by atoms with Crippen molar-refractivity contribution < 1.29 is 23.5 Å². The number of amides is 1. The molecule has 0 aliphatic carbocycles. The van der Waals surface area contributed by atoms with Crippen LogP contribution in [0.4, 0.5) is 0 Å². The standard InChI is InChI=1S/C24H24N2O5/c1-16-13-26(14-17(2)30-16)22(27)15-29-24(28)20-11-7-6-10-19(20)23-25-12-21(31-23)18-8-4-3-5-9-18/h3-12,16-17H,13-15H2,1-2H3/t16-,17-/m0/s1. The summed E-state index contributed by atoms with van der Waals surface area (Å²) in [4.78, 5) is 31.2. The minimum absolute atomic E-state index is 0.0482. The van der Waals surface area contributed by atoms with Gasteiger partial charge in [0.05, 0.1) is 29.5 Å². The van der Waals surface area contributed by atoms with Gasteiger partial charge in [0.1, 0.15) is 0 Å². The zero-order valence-electron chi connectivity index (χ0n) is 17.5. The number of nitrogens with zero attached hydrogens (tertiary/aromatic N) is 2. The zero-order chi connectivity index (χ0) is 21.8. The summed E-state index contributed by atoms with van der Waals surface area (Å²) in [5.74, 6) is 0.0751. The molecule has 160 valence electrons. The van der Waals surface area contributed by atoms with Crippen LogP contribution in [0.15, 0.2) is 65.2 Å². The Kier molecular flexibility index (Phi) is 6.13. The summed E-state index contributed by atoms with van der Waals surface area (Å²) in [7, 11) is 0. The molecule has 0 N–H and O–H groups in total. The second-order valence-electron chi connectivity index (χ2n) is 7.57. The summed E-state index contributed by atoms with van der Waals surface area (Å²) in [6.07, 6.45) is 1.53. The van der Waals surface area contributed by atoms with E-state index in [1.165, 1.54) is 0 Å². The number of oxazole rings is 1. The average Bonchev–Trinajstić information content (AvgIpc) is 3.27. The lowest BCUT2D eigenvalue weighted by Gasteiger charge is -2.35. The fraction of sp³-hybridized carbons (Fsp3) is 0.292. The lowest BCUT2D eigenvalue weighted by atomic mass is 10.1. The Bertz CT molecular complexity index is 1050. The third-order valence-electron chi connectivity index (χ3n) is 5.04. The first-order chi connectivity index (χ1) is 15.0. The monoisotopic (exact) mass is 420 g/mol. The molecule has 2 heterocycles. The van der Waals surface area contributed by atoms with Gasteiger partial charge in [0.2, 0.25) is 5.89 Å². The lowest BCUT2D eigenvalue weighted by molar-refractivity contribution is -0.146. The van der Waals surface area contributed by atoms with Crippen LogP contribution in [0.3, 0.4) is 0 Å². The number of ether oxygens (including phenoxy) is 2. The fourth-order valence-corrected chi connectivity index (χ4v) is 3.66. The summed E-state index contributed by atoms with van der Waals surface area (Å²) in [6, 6.07) is 16.5. The highest BCUT2D eigenvalue weighted by molar-refractivity contribution is 5.97. The minimum Gasteiger partial charge on any atom is -0.452 e. The number of hydrogen-bond donors (Lipinski definition) is 0. The number of rotatable bonds is 5. The fourth-order valence-electron chi connectivity index (χ4n) is 3.66. The van der Waals surface area contributed by atoms with Gasteiger partial charge in [-0.25, -0.2) is 9.78 Å². The average molecular weight is 420 g/mol. The molecular weight excluding hydrogens is 396 g/mol.